The zero-order valence-electron chi connectivity index (χ0n) is 8.41. The third-order valence-corrected chi connectivity index (χ3v) is 4.50. The molecule has 0 aliphatic rings. The molecule has 0 N–H and O–H groups in total. The molecule has 0 amide bonds. The minimum Gasteiger partial charge on any atom is -0.206 e. The minimum atomic E-state index is -0.236. The van der Waals surface area contributed by atoms with Crippen LogP contribution in [-0.2, 0) is 5.75 Å². The Bertz CT molecular complexity index is 501. The quantitative estimate of drug-likeness (QED) is 0.799. The molecule has 0 unspecified atom stereocenters. The van der Waals surface area contributed by atoms with Crippen LogP contribution in [0.1, 0.15) is 10.6 Å². The van der Waals surface area contributed by atoms with E-state index in [1.165, 1.54) is 6.07 Å². The van der Waals surface area contributed by atoms with Crippen molar-refractivity contribution in [2.24, 2.45) is 0 Å². The van der Waals surface area contributed by atoms with Crippen molar-refractivity contribution in [1.82, 2.24) is 10.2 Å². The molecule has 0 bridgehead atoms. The first-order valence-electron chi connectivity index (χ1n) is 4.52. The number of aromatic nitrogens is 2. The van der Waals surface area contributed by atoms with Gasteiger partial charge >= 0.3 is 0 Å². The number of rotatable bonds is 3. The van der Waals surface area contributed by atoms with Crippen LogP contribution in [0.15, 0.2) is 27.0 Å². The van der Waals surface area contributed by atoms with Gasteiger partial charge in [0, 0.05) is 5.75 Å². The van der Waals surface area contributed by atoms with Gasteiger partial charge in [-0.15, -0.1) is 10.2 Å². The fourth-order valence-electron chi connectivity index (χ4n) is 1.11. The van der Waals surface area contributed by atoms with Crippen LogP contribution < -0.4 is 0 Å². The highest BCUT2D eigenvalue weighted by molar-refractivity contribution is 9.10. The van der Waals surface area contributed by atoms with Crippen molar-refractivity contribution in [3.63, 3.8) is 0 Å². The van der Waals surface area contributed by atoms with Crippen molar-refractivity contribution in [2.45, 2.75) is 17.0 Å². The summed E-state index contributed by atoms with van der Waals surface area (Å²) in [6.07, 6.45) is 0. The Balaban J connectivity index is 2.02. The highest BCUT2D eigenvalue weighted by Gasteiger charge is 2.04. The number of benzene rings is 1. The average Bonchev–Trinajstić information content (AvgIpc) is 2.66. The lowest BCUT2D eigenvalue weighted by Crippen LogP contribution is -1.83. The summed E-state index contributed by atoms with van der Waals surface area (Å²) in [5.74, 6) is 0.536. The van der Waals surface area contributed by atoms with Gasteiger partial charge in [0.05, 0.1) is 4.47 Å². The molecular weight excluding hydrogens is 311 g/mol. The van der Waals surface area contributed by atoms with Crippen LogP contribution in [0.4, 0.5) is 4.39 Å². The second kappa shape index (κ2) is 5.25. The van der Waals surface area contributed by atoms with Gasteiger partial charge in [0.1, 0.15) is 10.8 Å². The molecule has 6 heteroatoms. The van der Waals surface area contributed by atoms with E-state index >= 15 is 0 Å². The van der Waals surface area contributed by atoms with E-state index in [1.54, 1.807) is 35.2 Å². The zero-order valence-corrected chi connectivity index (χ0v) is 11.6. The van der Waals surface area contributed by atoms with E-state index in [9.17, 15) is 4.39 Å². The van der Waals surface area contributed by atoms with Gasteiger partial charge in [-0.1, -0.05) is 29.2 Å². The maximum Gasteiger partial charge on any atom is 0.174 e. The van der Waals surface area contributed by atoms with E-state index in [4.69, 9.17) is 0 Å². The van der Waals surface area contributed by atoms with E-state index in [0.29, 0.717) is 4.47 Å². The van der Waals surface area contributed by atoms with E-state index in [2.05, 4.69) is 26.1 Å². The van der Waals surface area contributed by atoms with Crippen molar-refractivity contribution in [3.8, 4) is 0 Å². The van der Waals surface area contributed by atoms with Crippen LogP contribution in [0, 0.1) is 12.7 Å². The van der Waals surface area contributed by atoms with Gasteiger partial charge in [0.2, 0.25) is 0 Å². The third kappa shape index (κ3) is 3.02. The Morgan fingerprint density at radius 1 is 1.44 bits per heavy atom. The van der Waals surface area contributed by atoms with Crippen molar-refractivity contribution in [2.75, 3.05) is 0 Å². The molecule has 2 nitrogen and oxygen atoms in total. The van der Waals surface area contributed by atoms with Gasteiger partial charge in [-0.2, -0.15) is 0 Å². The molecule has 1 aromatic carbocycles. The summed E-state index contributed by atoms with van der Waals surface area (Å²) in [6.45, 7) is 1.93. The fraction of sp³-hybridized carbons (Fsp3) is 0.200. The van der Waals surface area contributed by atoms with Crippen LogP contribution in [0.5, 0.6) is 0 Å². The van der Waals surface area contributed by atoms with Crippen molar-refractivity contribution >= 4 is 39.0 Å². The predicted octanol–water partition coefficient (Wildman–Crippen LogP) is 4.04. The van der Waals surface area contributed by atoms with Crippen LogP contribution in [-0.4, -0.2) is 10.2 Å². The number of nitrogens with zero attached hydrogens (tertiary/aromatic N) is 2. The lowest BCUT2D eigenvalue weighted by molar-refractivity contribution is 0.620. The Labute approximate surface area is 109 Å². The van der Waals surface area contributed by atoms with Crippen molar-refractivity contribution in [3.05, 3.63) is 39.1 Å². The highest BCUT2D eigenvalue weighted by atomic mass is 79.9. The zero-order chi connectivity index (χ0) is 11.5. The maximum atomic E-state index is 13.0. The number of hydrogen-bond donors (Lipinski definition) is 0. The molecule has 0 spiro atoms. The molecule has 2 rings (SSSR count). The first-order chi connectivity index (χ1) is 7.65. The Hall–Kier alpha value is -0.460. The third-order valence-electron chi connectivity index (χ3n) is 1.85. The van der Waals surface area contributed by atoms with Crippen LogP contribution in [0.2, 0.25) is 0 Å². The molecule has 0 aliphatic carbocycles. The second-order valence-electron chi connectivity index (χ2n) is 3.12. The molecule has 0 fully saturated rings. The second-order valence-corrected chi connectivity index (χ2v) is 6.38. The average molecular weight is 319 g/mol. The van der Waals surface area contributed by atoms with Crippen LogP contribution >= 0.6 is 39.0 Å². The summed E-state index contributed by atoms with van der Waals surface area (Å²) < 4.78 is 14.4. The number of thioether (sulfide) groups is 1. The highest BCUT2D eigenvalue weighted by Crippen LogP contribution is 2.27. The first-order valence-corrected chi connectivity index (χ1v) is 7.11. The first kappa shape index (κ1) is 12.0. The summed E-state index contributed by atoms with van der Waals surface area (Å²) in [7, 11) is 0. The normalized spacial score (nSPS) is 10.7. The van der Waals surface area contributed by atoms with E-state index in [1.807, 2.05) is 6.92 Å². The molecule has 1 heterocycles. The lowest BCUT2D eigenvalue weighted by atomic mass is 10.2. The molecule has 84 valence electrons. The molecule has 0 atom stereocenters. The molecule has 0 saturated heterocycles. The van der Waals surface area contributed by atoms with Gasteiger partial charge < -0.3 is 0 Å². The lowest BCUT2D eigenvalue weighted by Gasteiger charge is -2.00. The Morgan fingerprint density at radius 3 is 2.88 bits per heavy atom. The van der Waals surface area contributed by atoms with Gasteiger partial charge in [-0.3, -0.25) is 0 Å². The van der Waals surface area contributed by atoms with Crippen LogP contribution in [0.25, 0.3) is 0 Å². The topological polar surface area (TPSA) is 25.8 Å². The Morgan fingerprint density at radius 2 is 2.25 bits per heavy atom. The molecular formula is C10H8BrFN2S2. The smallest absolute Gasteiger partial charge is 0.174 e. The van der Waals surface area contributed by atoms with E-state index in [0.717, 1.165) is 20.7 Å². The minimum absolute atomic E-state index is 0.236. The molecule has 0 saturated carbocycles. The number of halogens is 2. The molecule has 1 aromatic heterocycles. The summed E-state index contributed by atoms with van der Waals surface area (Å²) in [5, 5.41) is 8.92. The predicted molar refractivity (Wildman–Crippen MR) is 68.3 cm³/mol. The van der Waals surface area contributed by atoms with E-state index < -0.39 is 0 Å². The van der Waals surface area contributed by atoms with Gasteiger partial charge in [0.15, 0.2) is 4.34 Å². The molecule has 0 radical (unpaired) electrons. The van der Waals surface area contributed by atoms with Crippen molar-refractivity contribution in [1.29, 1.82) is 0 Å². The Kier molecular flexibility index (Phi) is 3.94. The SMILES string of the molecule is Cc1nnc(SCc2ccc(F)c(Br)c2)s1. The summed E-state index contributed by atoms with van der Waals surface area (Å²) >= 11 is 6.35. The summed E-state index contributed by atoms with van der Waals surface area (Å²) in [5.41, 5.74) is 1.06. The number of aryl methyl sites for hydroxylation is 1. The maximum absolute atomic E-state index is 13.0. The monoisotopic (exact) mass is 318 g/mol. The van der Waals surface area contributed by atoms with Gasteiger partial charge in [-0.25, -0.2) is 4.39 Å². The number of hydrogen-bond acceptors (Lipinski definition) is 4. The standard InChI is InChI=1S/C10H8BrFN2S2/c1-6-13-14-10(16-6)15-5-7-2-3-9(12)8(11)4-7/h2-4H,5H2,1H3. The fourth-order valence-corrected chi connectivity index (χ4v) is 3.30. The largest absolute Gasteiger partial charge is 0.206 e. The summed E-state index contributed by atoms with van der Waals surface area (Å²) in [4.78, 5) is 0. The van der Waals surface area contributed by atoms with Gasteiger partial charge in [0.25, 0.3) is 0 Å². The summed E-state index contributed by atoms with van der Waals surface area (Å²) in [6, 6.07) is 5.03. The van der Waals surface area contributed by atoms with E-state index in [-0.39, 0.29) is 5.82 Å². The molecule has 2 aromatic rings. The van der Waals surface area contributed by atoms with Crippen molar-refractivity contribution < 1.29 is 4.39 Å². The van der Waals surface area contributed by atoms with Gasteiger partial charge in [-0.05, 0) is 40.5 Å². The van der Waals surface area contributed by atoms with Crippen LogP contribution in [0.3, 0.4) is 0 Å². The molecule has 16 heavy (non-hydrogen) atoms. The molecule has 0 aliphatic heterocycles.